The SMILES string of the molecule is CN(C)CCOc1ccc(C(=C(C[P+](c2ccccc2)(c2ccccc2)c2ccccc2)c2ccccc2)c2ccccc2)cc1. The maximum Gasteiger partial charge on any atom is 0.119 e. The van der Waals surface area contributed by atoms with Gasteiger partial charge in [-0.1, -0.05) is 127 Å². The molecule has 0 saturated heterocycles. The van der Waals surface area contributed by atoms with Crippen LogP contribution >= 0.6 is 7.26 Å². The van der Waals surface area contributed by atoms with E-state index < -0.39 is 7.26 Å². The maximum atomic E-state index is 6.10. The summed E-state index contributed by atoms with van der Waals surface area (Å²) in [5.41, 5.74) is 6.20. The molecule has 0 aliphatic heterocycles. The number of hydrogen-bond acceptors (Lipinski definition) is 2. The monoisotopic (exact) mass is 618 g/mol. The topological polar surface area (TPSA) is 12.5 Å². The first kappa shape index (κ1) is 31.2. The van der Waals surface area contributed by atoms with E-state index in [0.29, 0.717) is 6.61 Å². The molecule has 6 aromatic carbocycles. The molecule has 0 spiro atoms. The van der Waals surface area contributed by atoms with Crippen LogP contribution in [0.3, 0.4) is 0 Å². The molecular formula is C43H41NOP+. The van der Waals surface area contributed by atoms with Crippen molar-refractivity contribution in [1.29, 1.82) is 0 Å². The van der Waals surface area contributed by atoms with Gasteiger partial charge < -0.3 is 9.64 Å². The van der Waals surface area contributed by atoms with Gasteiger partial charge in [0.05, 0.1) is 6.16 Å². The third-order valence-electron chi connectivity index (χ3n) is 8.42. The zero-order chi connectivity index (χ0) is 31.6. The Kier molecular flexibility index (Phi) is 10.2. The first-order chi connectivity index (χ1) is 22.6. The van der Waals surface area contributed by atoms with Gasteiger partial charge in [-0.15, -0.1) is 0 Å². The second kappa shape index (κ2) is 15.0. The Morgan fingerprint density at radius 2 is 0.870 bits per heavy atom. The van der Waals surface area contributed by atoms with E-state index >= 15 is 0 Å². The molecular weight excluding hydrogens is 577 g/mol. The highest BCUT2D eigenvalue weighted by Gasteiger charge is 2.46. The van der Waals surface area contributed by atoms with Gasteiger partial charge in [0.2, 0.25) is 0 Å². The molecule has 0 aliphatic carbocycles. The molecule has 0 saturated carbocycles. The van der Waals surface area contributed by atoms with Gasteiger partial charge in [0, 0.05) is 12.1 Å². The van der Waals surface area contributed by atoms with E-state index in [1.54, 1.807) is 0 Å². The molecule has 0 fully saturated rings. The van der Waals surface area contributed by atoms with E-state index in [9.17, 15) is 0 Å². The van der Waals surface area contributed by atoms with Gasteiger partial charge in [-0.2, -0.15) is 0 Å². The predicted octanol–water partition coefficient (Wildman–Crippen LogP) is 8.58. The van der Waals surface area contributed by atoms with E-state index in [2.05, 4.69) is 195 Å². The average molecular weight is 619 g/mol. The largest absolute Gasteiger partial charge is 0.492 e. The fourth-order valence-corrected chi connectivity index (χ4v) is 10.4. The first-order valence-electron chi connectivity index (χ1n) is 15.9. The summed E-state index contributed by atoms with van der Waals surface area (Å²) >= 11 is 0. The van der Waals surface area contributed by atoms with E-state index in [1.165, 1.54) is 43.8 Å². The van der Waals surface area contributed by atoms with Gasteiger partial charge in [-0.3, -0.25) is 0 Å². The van der Waals surface area contributed by atoms with Crippen LogP contribution in [0.4, 0.5) is 0 Å². The van der Waals surface area contributed by atoms with Gasteiger partial charge >= 0.3 is 0 Å². The second-order valence-corrected chi connectivity index (χ2v) is 15.2. The van der Waals surface area contributed by atoms with E-state index in [1.807, 2.05) is 0 Å². The third kappa shape index (κ3) is 7.05. The van der Waals surface area contributed by atoms with Crippen molar-refractivity contribution < 1.29 is 4.74 Å². The van der Waals surface area contributed by atoms with Crippen molar-refractivity contribution in [2.75, 3.05) is 33.4 Å². The third-order valence-corrected chi connectivity index (χ3v) is 12.8. The van der Waals surface area contributed by atoms with Gasteiger partial charge in [0.1, 0.15) is 35.5 Å². The standard InChI is InChI=1S/C43H41NOP/c1-44(2)32-33-45-38-30-28-37(29-31-38)43(36-20-10-4-11-21-36)42(35-18-8-3-9-19-35)34-46(39-22-12-5-13-23-39,40-24-14-6-15-25-40)41-26-16-7-17-27-41/h3-31H,32-34H2,1-2H3/q+1. The van der Waals surface area contributed by atoms with Crippen molar-refractivity contribution in [3.05, 3.63) is 193 Å². The number of hydrogen-bond donors (Lipinski definition) is 0. The fourth-order valence-electron chi connectivity index (χ4n) is 6.14. The Balaban J connectivity index is 1.63. The lowest BCUT2D eigenvalue weighted by Gasteiger charge is -2.30. The number of rotatable bonds is 12. The molecule has 6 rings (SSSR count). The molecule has 6 aromatic rings. The smallest absolute Gasteiger partial charge is 0.119 e. The zero-order valence-electron chi connectivity index (χ0n) is 26.7. The summed E-state index contributed by atoms with van der Waals surface area (Å²) in [6.45, 7) is 1.53. The summed E-state index contributed by atoms with van der Waals surface area (Å²) in [4.78, 5) is 2.14. The van der Waals surface area contributed by atoms with E-state index in [4.69, 9.17) is 4.74 Å². The summed E-state index contributed by atoms with van der Waals surface area (Å²) in [5.74, 6) is 0.888. The molecule has 0 aromatic heterocycles. The van der Waals surface area contributed by atoms with E-state index in [-0.39, 0.29) is 0 Å². The zero-order valence-corrected chi connectivity index (χ0v) is 27.6. The minimum Gasteiger partial charge on any atom is -0.492 e. The van der Waals surface area contributed by atoms with Gasteiger partial charge in [-0.05, 0) is 84.9 Å². The van der Waals surface area contributed by atoms with Crippen LogP contribution in [-0.2, 0) is 0 Å². The second-order valence-electron chi connectivity index (χ2n) is 11.7. The summed E-state index contributed by atoms with van der Waals surface area (Å²) < 4.78 is 6.10. The molecule has 0 N–H and O–H groups in total. The first-order valence-corrected chi connectivity index (χ1v) is 17.9. The van der Waals surface area contributed by atoms with Crippen molar-refractivity contribution in [2.45, 2.75) is 0 Å². The number of nitrogens with zero attached hydrogens (tertiary/aromatic N) is 1. The Labute approximate surface area is 275 Å². The molecule has 0 aliphatic rings. The Morgan fingerprint density at radius 3 is 1.30 bits per heavy atom. The molecule has 0 radical (unpaired) electrons. The Hall–Kier alpha value is -4.75. The molecule has 0 heterocycles. The minimum atomic E-state index is -2.19. The Morgan fingerprint density at radius 1 is 0.478 bits per heavy atom. The van der Waals surface area contributed by atoms with Crippen LogP contribution < -0.4 is 20.7 Å². The van der Waals surface area contributed by atoms with Crippen molar-refractivity contribution >= 4 is 34.3 Å². The number of benzene rings is 6. The predicted molar refractivity (Wildman–Crippen MR) is 199 cm³/mol. The van der Waals surface area contributed by atoms with Crippen molar-refractivity contribution in [3.63, 3.8) is 0 Å². The van der Waals surface area contributed by atoms with Gasteiger partial charge in [-0.25, -0.2) is 0 Å². The Bertz CT molecular complexity index is 1720. The highest BCUT2D eigenvalue weighted by Crippen LogP contribution is 2.58. The van der Waals surface area contributed by atoms with Gasteiger partial charge in [0.15, 0.2) is 0 Å². The summed E-state index contributed by atoms with van der Waals surface area (Å²) in [6.07, 6.45) is 0.861. The number of allylic oxidation sites excluding steroid dienone is 1. The number of likely N-dealkylation sites (N-methyl/N-ethyl adjacent to an activating group) is 1. The van der Waals surface area contributed by atoms with Crippen LogP contribution in [0, 0.1) is 0 Å². The normalized spacial score (nSPS) is 12.1. The van der Waals surface area contributed by atoms with Crippen LogP contribution in [0.5, 0.6) is 5.75 Å². The summed E-state index contributed by atoms with van der Waals surface area (Å²) in [5, 5.41) is 4.12. The molecule has 228 valence electrons. The molecule has 2 nitrogen and oxygen atoms in total. The summed E-state index contributed by atoms with van der Waals surface area (Å²) in [6, 6.07) is 64.0. The minimum absolute atomic E-state index is 0.654. The van der Waals surface area contributed by atoms with Crippen LogP contribution in [0.2, 0.25) is 0 Å². The van der Waals surface area contributed by atoms with Gasteiger partial charge in [0.25, 0.3) is 0 Å². The van der Waals surface area contributed by atoms with Crippen LogP contribution in [-0.4, -0.2) is 38.3 Å². The lowest BCUT2D eigenvalue weighted by molar-refractivity contribution is 0.261. The lowest BCUT2D eigenvalue weighted by Crippen LogP contribution is -2.34. The van der Waals surface area contributed by atoms with Crippen LogP contribution in [0.25, 0.3) is 11.1 Å². The molecule has 0 atom stereocenters. The molecule has 0 bridgehead atoms. The molecule has 0 amide bonds. The summed E-state index contributed by atoms with van der Waals surface area (Å²) in [7, 11) is 1.94. The molecule has 0 unspecified atom stereocenters. The lowest BCUT2D eigenvalue weighted by atomic mass is 9.90. The average Bonchev–Trinajstić information content (AvgIpc) is 3.12. The highest BCUT2D eigenvalue weighted by molar-refractivity contribution is 7.96. The van der Waals surface area contributed by atoms with Crippen LogP contribution in [0.15, 0.2) is 176 Å². The van der Waals surface area contributed by atoms with E-state index in [0.717, 1.165) is 18.5 Å². The van der Waals surface area contributed by atoms with Crippen LogP contribution in [0.1, 0.15) is 16.7 Å². The fraction of sp³-hybridized carbons (Fsp3) is 0.116. The molecule has 46 heavy (non-hydrogen) atoms. The van der Waals surface area contributed by atoms with Crippen molar-refractivity contribution in [1.82, 2.24) is 4.90 Å². The highest BCUT2D eigenvalue weighted by atomic mass is 31.2. The van der Waals surface area contributed by atoms with Crippen molar-refractivity contribution in [2.24, 2.45) is 0 Å². The van der Waals surface area contributed by atoms with Crippen molar-refractivity contribution in [3.8, 4) is 5.75 Å². The number of ether oxygens (including phenoxy) is 1. The molecule has 3 heteroatoms. The maximum absolute atomic E-state index is 6.10. The quantitative estimate of drug-likeness (QED) is 0.101.